The standard InChI is InChI=1S/C13H24N4S/c1-2-4-17-11-15-10-13(17)12(9-14)16-5-3-7-18-8-6-16/h10-12H,2-9,14H2,1H3. The van der Waals surface area contributed by atoms with Gasteiger partial charge >= 0.3 is 0 Å². The largest absolute Gasteiger partial charge is 0.333 e. The lowest BCUT2D eigenvalue weighted by Crippen LogP contribution is -2.36. The van der Waals surface area contributed by atoms with E-state index in [2.05, 4.69) is 33.1 Å². The van der Waals surface area contributed by atoms with Gasteiger partial charge in [0, 0.05) is 31.6 Å². The van der Waals surface area contributed by atoms with Crippen LogP contribution in [0, 0.1) is 0 Å². The summed E-state index contributed by atoms with van der Waals surface area (Å²) in [5.74, 6) is 2.50. The van der Waals surface area contributed by atoms with E-state index in [-0.39, 0.29) is 0 Å². The van der Waals surface area contributed by atoms with Crippen molar-refractivity contribution in [1.29, 1.82) is 0 Å². The lowest BCUT2D eigenvalue weighted by molar-refractivity contribution is 0.209. The first-order chi connectivity index (χ1) is 8.86. The maximum atomic E-state index is 6.02. The second-order valence-corrected chi connectivity index (χ2v) is 5.99. The molecule has 1 aromatic rings. The molecule has 1 atom stereocenters. The Balaban J connectivity index is 2.12. The predicted octanol–water partition coefficient (Wildman–Crippen LogP) is 1.73. The van der Waals surface area contributed by atoms with E-state index in [9.17, 15) is 0 Å². The molecule has 0 bridgehead atoms. The van der Waals surface area contributed by atoms with E-state index in [1.807, 2.05) is 12.5 Å². The molecule has 0 aliphatic carbocycles. The predicted molar refractivity (Wildman–Crippen MR) is 77.8 cm³/mol. The molecular weight excluding hydrogens is 244 g/mol. The van der Waals surface area contributed by atoms with Crippen molar-refractivity contribution in [2.45, 2.75) is 32.4 Å². The van der Waals surface area contributed by atoms with E-state index >= 15 is 0 Å². The molecule has 2 N–H and O–H groups in total. The van der Waals surface area contributed by atoms with Gasteiger partial charge in [-0.25, -0.2) is 4.98 Å². The molecule has 1 aliphatic heterocycles. The van der Waals surface area contributed by atoms with Gasteiger partial charge in [-0.05, 0) is 25.1 Å². The zero-order valence-corrected chi connectivity index (χ0v) is 12.0. The molecule has 5 heteroatoms. The molecule has 0 spiro atoms. The number of thioether (sulfide) groups is 1. The van der Waals surface area contributed by atoms with Crippen molar-refractivity contribution in [1.82, 2.24) is 14.5 Å². The summed E-state index contributed by atoms with van der Waals surface area (Å²) in [7, 11) is 0. The van der Waals surface area contributed by atoms with Gasteiger partial charge in [0.25, 0.3) is 0 Å². The summed E-state index contributed by atoms with van der Waals surface area (Å²) in [5.41, 5.74) is 7.30. The molecule has 0 amide bonds. The van der Waals surface area contributed by atoms with Crippen LogP contribution < -0.4 is 5.73 Å². The van der Waals surface area contributed by atoms with Crippen molar-refractivity contribution >= 4 is 11.8 Å². The third kappa shape index (κ3) is 3.28. The first kappa shape index (κ1) is 13.9. The van der Waals surface area contributed by atoms with Crippen LogP contribution in [0.2, 0.25) is 0 Å². The SMILES string of the molecule is CCCn1cncc1C(CN)N1CCCSCC1. The first-order valence-electron chi connectivity index (χ1n) is 6.88. The summed E-state index contributed by atoms with van der Waals surface area (Å²) in [4.78, 5) is 6.83. The van der Waals surface area contributed by atoms with Crippen LogP contribution in [0.15, 0.2) is 12.5 Å². The van der Waals surface area contributed by atoms with Crippen molar-refractivity contribution in [3.63, 3.8) is 0 Å². The first-order valence-corrected chi connectivity index (χ1v) is 8.04. The molecule has 1 saturated heterocycles. The summed E-state index contributed by atoms with van der Waals surface area (Å²) in [6.07, 6.45) is 6.33. The highest BCUT2D eigenvalue weighted by Crippen LogP contribution is 2.23. The lowest BCUT2D eigenvalue weighted by Gasteiger charge is -2.30. The van der Waals surface area contributed by atoms with E-state index < -0.39 is 0 Å². The van der Waals surface area contributed by atoms with Crippen molar-refractivity contribution < 1.29 is 0 Å². The quantitative estimate of drug-likeness (QED) is 0.883. The molecule has 0 saturated carbocycles. The average molecular weight is 268 g/mol. The molecule has 2 rings (SSSR count). The number of aryl methyl sites for hydroxylation is 1. The minimum Gasteiger partial charge on any atom is -0.333 e. The summed E-state index contributed by atoms with van der Waals surface area (Å²) in [6, 6.07) is 0.331. The Labute approximate surface area is 114 Å². The molecule has 1 aromatic heterocycles. The van der Waals surface area contributed by atoms with Gasteiger partial charge < -0.3 is 10.3 Å². The molecule has 18 heavy (non-hydrogen) atoms. The van der Waals surface area contributed by atoms with Crippen LogP contribution in [0.3, 0.4) is 0 Å². The fourth-order valence-corrected chi connectivity index (χ4v) is 3.47. The summed E-state index contributed by atoms with van der Waals surface area (Å²) in [6.45, 7) is 6.22. The van der Waals surface area contributed by atoms with E-state index in [0.717, 1.165) is 26.1 Å². The van der Waals surface area contributed by atoms with E-state index in [1.165, 1.54) is 23.6 Å². The molecule has 1 aliphatic rings. The zero-order valence-electron chi connectivity index (χ0n) is 11.2. The Kier molecular flexibility index (Phi) is 5.53. The van der Waals surface area contributed by atoms with Crippen LogP contribution in [0.4, 0.5) is 0 Å². The highest BCUT2D eigenvalue weighted by atomic mass is 32.2. The molecule has 1 unspecified atom stereocenters. The van der Waals surface area contributed by atoms with Gasteiger partial charge in [-0.2, -0.15) is 11.8 Å². The Morgan fingerprint density at radius 1 is 1.44 bits per heavy atom. The third-order valence-electron chi connectivity index (χ3n) is 3.47. The maximum Gasteiger partial charge on any atom is 0.0948 e. The van der Waals surface area contributed by atoms with E-state index in [1.54, 1.807) is 0 Å². The average Bonchev–Trinajstić information content (AvgIpc) is 2.66. The number of aromatic nitrogens is 2. The Bertz CT molecular complexity index is 345. The lowest BCUT2D eigenvalue weighted by atomic mass is 10.1. The Morgan fingerprint density at radius 3 is 3.11 bits per heavy atom. The van der Waals surface area contributed by atoms with Gasteiger partial charge in [0.2, 0.25) is 0 Å². The minimum absolute atomic E-state index is 0.331. The molecule has 0 aromatic carbocycles. The number of nitrogens with two attached hydrogens (primary N) is 1. The monoisotopic (exact) mass is 268 g/mol. The van der Waals surface area contributed by atoms with Gasteiger partial charge in [-0.15, -0.1) is 0 Å². The number of nitrogens with zero attached hydrogens (tertiary/aromatic N) is 3. The molecule has 4 nitrogen and oxygen atoms in total. The number of hydrogen-bond acceptors (Lipinski definition) is 4. The second kappa shape index (κ2) is 7.16. The Hall–Kier alpha value is -0.520. The molecule has 1 fully saturated rings. The zero-order chi connectivity index (χ0) is 12.8. The topological polar surface area (TPSA) is 47.1 Å². The normalized spacial score (nSPS) is 19.7. The highest BCUT2D eigenvalue weighted by Gasteiger charge is 2.22. The second-order valence-electron chi connectivity index (χ2n) is 4.77. The summed E-state index contributed by atoms with van der Waals surface area (Å²) < 4.78 is 2.26. The van der Waals surface area contributed by atoms with Gasteiger partial charge in [0.05, 0.1) is 18.1 Å². The van der Waals surface area contributed by atoms with Crippen molar-refractivity contribution in [3.8, 4) is 0 Å². The van der Waals surface area contributed by atoms with Crippen molar-refractivity contribution in [2.75, 3.05) is 31.1 Å². The van der Waals surface area contributed by atoms with Crippen LogP contribution in [0.5, 0.6) is 0 Å². The summed E-state index contributed by atoms with van der Waals surface area (Å²) in [5, 5.41) is 0. The van der Waals surface area contributed by atoms with Gasteiger partial charge in [-0.3, -0.25) is 4.90 Å². The van der Waals surface area contributed by atoms with Crippen LogP contribution in [-0.4, -0.2) is 45.6 Å². The van der Waals surface area contributed by atoms with Gasteiger partial charge in [-0.1, -0.05) is 6.92 Å². The van der Waals surface area contributed by atoms with Crippen LogP contribution in [0.25, 0.3) is 0 Å². The number of imidazole rings is 1. The van der Waals surface area contributed by atoms with Gasteiger partial charge in [0.15, 0.2) is 0 Å². The van der Waals surface area contributed by atoms with E-state index in [4.69, 9.17) is 5.73 Å². The van der Waals surface area contributed by atoms with Crippen LogP contribution in [0.1, 0.15) is 31.5 Å². The fourth-order valence-electron chi connectivity index (χ4n) is 2.57. The third-order valence-corrected chi connectivity index (χ3v) is 4.52. The molecule has 0 radical (unpaired) electrons. The Morgan fingerprint density at radius 2 is 2.33 bits per heavy atom. The van der Waals surface area contributed by atoms with Crippen LogP contribution in [-0.2, 0) is 6.54 Å². The molecular formula is C13H24N4S. The van der Waals surface area contributed by atoms with Crippen LogP contribution >= 0.6 is 11.8 Å². The van der Waals surface area contributed by atoms with Crippen molar-refractivity contribution in [2.24, 2.45) is 5.73 Å². The highest BCUT2D eigenvalue weighted by molar-refractivity contribution is 7.99. The number of hydrogen-bond donors (Lipinski definition) is 1. The maximum absolute atomic E-state index is 6.02. The summed E-state index contributed by atoms with van der Waals surface area (Å²) >= 11 is 2.05. The minimum atomic E-state index is 0.331. The fraction of sp³-hybridized carbons (Fsp3) is 0.769. The van der Waals surface area contributed by atoms with E-state index in [0.29, 0.717) is 12.6 Å². The number of rotatable bonds is 5. The van der Waals surface area contributed by atoms with Gasteiger partial charge in [0.1, 0.15) is 0 Å². The molecule has 2 heterocycles. The van der Waals surface area contributed by atoms with Crippen molar-refractivity contribution in [3.05, 3.63) is 18.2 Å². The molecule has 102 valence electrons. The smallest absolute Gasteiger partial charge is 0.0948 e.